The van der Waals surface area contributed by atoms with Crippen LogP contribution in [0, 0.1) is 0 Å². The third-order valence-electron chi connectivity index (χ3n) is 4.95. The maximum atomic E-state index is 12.2. The van der Waals surface area contributed by atoms with Gasteiger partial charge in [0.2, 0.25) is 22.7 Å². The van der Waals surface area contributed by atoms with E-state index in [1.165, 1.54) is 4.31 Å². The summed E-state index contributed by atoms with van der Waals surface area (Å²) in [6.07, 6.45) is 3.38. The van der Waals surface area contributed by atoms with Gasteiger partial charge in [0, 0.05) is 25.6 Å². The number of aryl methyl sites for hydroxylation is 1. The largest absolute Gasteiger partial charge is 0.496 e. The Morgan fingerprint density at radius 1 is 1.13 bits per heavy atom. The Hall–Kier alpha value is -2.94. The lowest BCUT2D eigenvalue weighted by Crippen LogP contribution is -2.32. The molecule has 9 heteroatoms. The van der Waals surface area contributed by atoms with Crippen LogP contribution >= 0.6 is 0 Å². The first-order valence-electron chi connectivity index (χ1n) is 10.1. The van der Waals surface area contributed by atoms with Gasteiger partial charge in [-0.2, -0.15) is 0 Å². The Morgan fingerprint density at radius 3 is 2.68 bits per heavy atom. The van der Waals surface area contributed by atoms with Gasteiger partial charge in [-0.3, -0.25) is 9.10 Å². The summed E-state index contributed by atoms with van der Waals surface area (Å²) in [5, 5.41) is 2.89. The van der Waals surface area contributed by atoms with Crippen molar-refractivity contribution in [3.63, 3.8) is 0 Å². The smallest absolute Gasteiger partial charge is 0.232 e. The molecule has 0 bridgehead atoms. The maximum Gasteiger partial charge on any atom is 0.232 e. The summed E-state index contributed by atoms with van der Waals surface area (Å²) >= 11 is 0. The van der Waals surface area contributed by atoms with E-state index in [0.29, 0.717) is 30.2 Å². The number of anilines is 1. The van der Waals surface area contributed by atoms with Crippen LogP contribution in [0.4, 0.5) is 5.69 Å². The summed E-state index contributed by atoms with van der Waals surface area (Å²) in [4.78, 5) is 12.2. The minimum absolute atomic E-state index is 0.0980. The van der Waals surface area contributed by atoms with Gasteiger partial charge in [-0.1, -0.05) is 18.2 Å². The zero-order valence-corrected chi connectivity index (χ0v) is 18.6. The summed E-state index contributed by atoms with van der Waals surface area (Å²) in [7, 11) is -1.86. The van der Waals surface area contributed by atoms with E-state index in [9.17, 15) is 13.2 Å². The molecule has 1 aliphatic heterocycles. The number of ether oxygens (including phenoxy) is 3. The number of hydrogen-bond donors (Lipinski definition) is 1. The molecule has 0 spiro atoms. The number of para-hydroxylation sites is 1. The summed E-state index contributed by atoms with van der Waals surface area (Å²) < 4.78 is 41.7. The maximum absolute atomic E-state index is 12.2. The quantitative estimate of drug-likeness (QED) is 0.531. The zero-order chi connectivity index (χ0) is 22.3. The number of fused-ring (bicyclic) bond motifs is 1. The van der Waals surface area contributed by atoms with Crippen LogP contribution in [0.5, 0.6) is 17.2 Å². The highest BCUT2D eigenvalue weighted by Crippen LogP contribution is 2.36. The lowest BCUT2D eigenvalue weighted by Gasteiger charge is -2.22. The molecule has 0 saturated heterocycles. The van der Waals surface area contributed by atoms with Crippen LogP contribution in [0.15, 0.2) is 42.5 Å². The average molecular weight is 449 g/mol. The molecule has 31 heavy (non-hydrogen) atoms. The second-order valence-electron chi connectivity index (χ2n) is 7.24. The van der Waals surface area contributed by atoms with Crippen molar-refractivity contribution in [3.8, 4) is 17.2 Å². The summed E-state index contributed by atoms with van der Waals surface area (Å²) in [5.41, 5.74) is 1.59. The number of nitrogens with zero attached hydrogens (tertiary/aromatic N) is 1. The Kier molecular flexibility index (Phi) is 7.62. The van der Waals surface area contributed by atoms with Gasteiger partial charge in [0.1, 0.15) is 5.75 Å². The Labute approximate surface area is 183 Å². The van der Waals surface area contributed by atoms with Crippen LogP contribution in [0.25, 0.3) is 0 Å². The number of sulfonamides is 1. The fraction of sp³-hybridized carbons (Fsp3) is 0.409. The summed E-state index contributed by atoms with van der Waals surface area (Å²) in [6, 6.07) is 12.8. The van der Waals surface area contributed by atoms with E-state index < -0.39 is 10.0 Å². The Balaban J connectivity index is 1.44. The topological polar surface area (TPSA) is 94.2 Å². The van der Waals surface area contributed by atoms with Gasteiger partial charge in [-0.05, 0) is 43.0 Å². The number of nitrogens with one attached hydrogen (secondary N) is 1. The molecule has 0 fully saturated rings. The van der Waals surface area contributed by atoms with Gasteiger partial charge in [0.05, 0.1) is 19.1 Å². The van der Waals surface area contributed by atoms with Crippen molar-refractivity contribution >= 4 is 21.6 Å². The Bertz CT molecular complexity index is 1010. The minimum atomic E-state index is -3.50. The molecule has 168 valence electrons. The summed E-state index contributed by atoms with van der Waals surface area (Å²) in [6.45, 7) is 0.872. The van der Waals surface area contributed by atoms with Crippen LogP contribution in [0.2, 0.25) is 0 Å². The fourth-order valence-electron chi connectivity index (χ4n) is 3.41. The Morgan fingerprint density at radius 2 is 1.90 bits per heavy atom. The highest BCUT2D eigenvalue weighted by molar-refractivity contribution is 7.92. The number of amides is 1. The lowest BCUT2D eigenvalue weighted by atomic mass is 10.1. The number of benzene rings is 2. The highest BCUT2D eigenvalue weighted by Gasteiger charge is 2.21. The molecule has 0 radical (unpaired) electrons. The lowest BCUT2D eigenvalue weighted by molar-refractivity contribution is -0.121. The number of carbonyl (C=O) groups is 1. The molecular formula is C22H28N2O6S. The van der Waals surface area contributed by atoms with E-state index in [-0.39, 0.29) is 25.7 Å². The number of methoxy groups -OCH3 is 1. The molecule has 0 saturated carbocycles. The first-order valence-corrected chi connectivity index (χ1v) is 12.0. The highest BCUT2D eigenvalue weighted by atomic mass is 32.2. The van der Waals surface area contributed by atoms with E-state index >= 15 is 0 Å². The number of hydrogen-bond acceptors (Lipinski definition) is 6. The zero-order valence-electron chi connectivity index (χ0n) is 17.8. The summed E-state index contributed by atoms with van der Waals surface area (Å²) in [5.74, 6) is 1.85. The third-order valence-corrected chi connectivity index (χ3v) is 6.14. The van der Waals surface area contributed by atoms with Gasteiger partial charge in [-0.15, -0.1) is 0 Å². The average Bonchev–Trinajstić information content (AvgIpc) is 3.21. The minimum Gasteiger partial charge on any atom is -0.496 e. The van der Waals surface area contributed by atoms with Crippen molar-refractivity contribution in [2.45, 2.75) is 25.7 Å². The van der Waals surface area contributed by atoms with Crippen LogP contribution in [0.3, 0.4) is 0 Å². The molecule has 1 aliphatic rings. The predicted molar refractivity (Wildman–Crippen MR) is 118 cm³/mol. The van der Waals surface area contributed by atoms with E-state index in [2.05, 4.69) is 5.32 Å². The van der Waals surface area contributed by atoms with Crippen LogP contribution in [0.1, 0.15) is 24.8 Å². The van der Waals surface area contributed by atoms with E-state index in [1.54, 1.807) is 25.3 Å². The molecule has 0 unspecified atom stereocenters. The van der Waals surface area contributed by atoms with Crippen molar-refractivity contribution in [1.82, 2.24) is 5.32 Å². The molecule has 1 heterocycles. The second kappa shape index (κ2) is 10.4. The number of carbonyl (C=O) groups excluding carboxylic acids is 1. The normalized spacial score (nSPS) is 12.5. The molecule has 8 nitrogen and oxygen atoms in total. The van der Waals surface area contributed by atoms with Crippen LogP contribution in [-0.2, 0) is 21.2 Å². The molecular weight excluding hydrogens is 420 g/mol. The van der Waals surface area contributed by atoms with Crippen molar-refractivity contribution < 1.29 is 27.4 Å². The molecule has 1 amide bonds. The van der Waals surface area contributed by atoms with Gasteiger partial charge in [0.15, 0.2) is 11.5 Å². The van der Waals surface area contributed by atoms with Crippen molar-refractivity contribution in [1.29, 1.82) is 0 Å². The standard InChI is InChI=1S/C22H28N2O6S/c1-28-19-9-4-3-7-17(19)8-5-13-23-22(25)10-6-14-24(31(2,26)27)18-11-12-20-21(15-18)30-16-29-20/h3-4,7,9,11-12,15H,5-6,8,10,13-14,16H2,1-2H3,(H,23,25). The van der Waals surface area contributed by atoms with Crippen LogP contribution in [-0.4, -0.2) is 47.6 Å². The first-order chi connectivity index (χ1) is 14.9. The molecule has 0 aliphatic carbocycles. The van der Waals surface area contributed by atoms with Crippen molar-refractivity contribution in [2.75, 3.05) is 37.6 Å². The fourth-order valence-corrected chi connectivity index (χ4v) is 4.37. The molecule has 1 N–H and O–H groups in total. The molecule has 2 aromatic rings. The van der Waals surface area contributed by atoms with Gasteiger partial charge in [-0.25, -0.2) is 8.42 Å². The molecule has 2 aromatic carbocycles. The van der Waals surface area contributed by atoms with Gasteiger partial charge in [0.25, 0.3) is 0 Å². The number of rotatable bonds is 11. The van der Waals surface area contributed by atoms with E-state index in [0.717, 1.165) is 30.4 Å². The van der Waals surface area contributed by atoms with Gasteiger partial charge >= 0.3 is 0 Å². The molecule has 3 rings (SSSR count). The third kappa shape index (κ3) is 6.27. The molecule has 0 aromatic heterocycles. The van der Waals surface area contributed by atoms with Crippen molar-refractivity contribution in [3.05, 3.63) is 48.0 Å². The van der Waals surface area contributed by atoms with Crippen LogP contribution < -0.4 is 23.8 Å². The monoisotopic (exact) mass is 448 g/mol. The second-order valence-corrected chi connectivity index (χ2v) is 9.15. The van der Waals surface area contributed by atoms with Crippen molar-refractivity contribution in [2.24, 2.45) is 0 Å². The SMILES string of the molecule is COc1ccccc1CCCNC(=O)CCCN(c1ccc2c(c1)OCO2)S(C)(=O)=O. The van der Waals surface area contributed by atoms with Gasteiger partial charge < -0.3 is 19.5 Å². The van der Waals surface area contributed by atoms with E-state index in [1.807, 2.05) is 24.3 Å². The first kappa shape index (κ1) is 22.7. The predicted octanol–water partition coefficient (Wildman–Crippen LogP) is 2.72. The molecule has 0 atom stereocenters. The van der Waals surface area contributed by atoms with E-state index in [4.69, 9.17) is 14.2 Å².